The van der Waals surface area contributed by atoms with Gasteiger partial charge in [0.05, 0.1) is 5.02 Å². The molecule has 1 atom stereocenters. The molecule has 1 aliphatic rings. The Morgan fingerprint density at radius 3 is 2.89 bits per heavy atom. The van der Waals surface area contributed by atoms with E-state index in [9.17, 15) is 4.39 Å². The van der Waals surface area contributed by atoms with Gasteiger partial charge >= 0.3 is 0 Å². The molecule has 1 aliphatic heterocycles. The van der Waals surface area contributed by atoms with Gasteiger partial charge in [0.2, 0.25) is 0 Å². The summed E-state index contributed by atoms with van der Waals surface area (Å²) < 4.78 is 13.4. The maximum absolute atomic E-state index is 13.4. The fraction of sp³-hybridized carbons (Fsp3) is 0.200. The maximum Gasteiger partial charge on any atom is 0.142 e. The van der Waals surface area contributed by atoms with Crippen molar-refractivity contribution >= 4 is 11.6 Å². The van der Waals surface area contributed by atoms with Crippen LogP contribution in [0.1, 0.15) is 22.7 Å². The molecule has 92 valence electrons. The molecule has 1 heterocycles. The van der Waals surface area contributed by atoms with Crippen LogP contribution in [0, 0.1) is 5.82 Å². The van der Waals surface area contributed by atoms with Crippen molar-refractivity contribution in [2.24, 2.45) is 0 Å². The predicted molar refractivity (Wildman–Crippen MR) is 71.1 cm³/mol. The molecule has 0 radical (unpaired) electrons. The van der Waals surface area contributed by atoms with Crippen molar-refractivity contribution in [3.8, 4) is 0 Å². The van der Waals surface area contributed by atoms with Crippen LogP contribution in [0.15, 0.2) is 42.5 Å². The Morgan fingerprint density at radius 1 is 1.22 bits per heavy atom. The van der Waals surface area contributed by atoms with E-state index in [2.05, 4.69) is 17.4 Å². The molecule has 0 amide bonds. The molecule has 0 fully saturated rings. The summed E-state index contributed by atoms with van der Waals surface area (Å²) >= 11 is 5.69. The molecule has 3 heteroatoms. The van der Waals surface area contributed by atoms with Crippen molar-refractivity contribution in [2.75, 3.05) is 0 Å². The Hall–Kier alpha value is -1.38. The number of fused-ring (bicyclic) bond motifs is 1. The van der Waals surface area contributed by atoms with Gasteiger partial charge in [-0.2, -0.15) is 0 Å². The first-order valence-electron chi connectivity index (χ1n) is 5.99. The molecule has 0 saturated carbocycles. The zero-order valence-electron chi connectivity index (χ0n) is 9.79. The summed E-state index contributed by atoms with van der Waals surface area (Å²) in [6.07, 6.45) is 0.783. The fourth-order valence-corrected chi connectivity index (χ4v) is 2.58. The van der Waals surface area contributed by atoms with Crippen molar-refractivity contribution < 1.29 is 4.39 Å². The Balaban J connectivity index is 1.84. The lowest BCUT2D eigenvalue weighted by Crippen LogP contribution is -2.14. The van der Waals surface area contributed by atoms with Crippen molar-refractivity contribution in [1.29, 1.82) is 0 Å². The summed E-state index contributed by atoms with van der Waals surface area (Å²) in [4.78, 5) is 0. The summed E-state index contributed by atoms with van der Waals surface area (Å²) in [6, 6.07) is 13.6. The minimum atomic E-state index is -0.347. The molecule has 0 spiro atoms. The zero-order valence-corrected chi connectivity index (χ0v) is 10.5. The highest BCUT2D eigenvalue weighted by Crippen LogP contribution is 2.28. The van der Waals surface area contributed by atoms with E-state index in [1.54, 1.807) is 6.07 Å². The van der Waals surface area contributed by atoms with E-state index in [0.29, 0.717) is 0 Å². The second-order valence-electron chi connectivity index (χ2n) is 4.58. The number of hydrogen-bond donors (Lipinski definition) is 1. The van der Waals surface area contributed by atoms with E-state index in [-0.39, 0.29) is 16.9 Å². The SMILES string of the molecule is Fc1cc(CC2NCc3ccccc32)ccc1Cl. The summed E-state index contributed by atoms with van der Waals surface area (Å²) in [5.74, 6) is -0.347. The molecular formula is C15H13ClFN. The number of halogens is 2. The lowest BCUT2D eigenvalue weighted by Gasteiger charge is -2.12. The highest BCUT2D eigenvalue weighted by atomic mass is 35.5. The Labute approximate surface area is 111 Å². The maximum atomic E-state index is 13.4. The molecule has 2 aromatic carbocycles. The van der Waals surface area contributed by atoms with E-state index in [1.807, 2.05) is 18.2 Å². The average Bonchev–Trinajstić information content (AvgIpc) is 2.78. The van der Waals surface area contributed by atoms with Crippen LogP contribution in [0.4, 0.5) is 4.39 Å². The van der Waals surface area contributed by atoms with Crippen LogP contribution in [-0.2, 0) is 13.0 Å². The Bertz CT molecular complexity index is 582. The normalized spacial score (nSPS) is 17.8. The van der Waals surface area contributed by atoms with Crippen LogP contribution in [-0.4, -0.2) is 0 Å². The van der Waals surface area contributed by atoms with Crippen molar-refractivity contribution in [3.63, 3.8) is 0 Å². The molecule has 0 bridgehead atoms. The van der Waals surface area contributed by atoms with Gasteiger partial charge in [-0.25, -0.2) is 4.39 Å². The molecule has 1 unspecified atom stereocenters. The third-order valence-corrected chi connectivity index (χ3v) is 3.70. The minimum absolute atomic E-state index is 0.179. The Morgan fingerprint density at radius 2 is 2.06 bits per heavy atom. The van der Waals surface area contributed by atoms with Crippen molar-refractivity contribution in [1.82, 2.24) is 5.32 Å². The smallest absolute Gasteiger partial charge is 0.142 e. The lowest BCUT2D eigenvalue weighted by molar-refractivity contribution is 0.575. The van der Waals surface area contributed by atoms with Gasteiger partial charge in [0.1, 0.15) is 5.82 Å². The summed E-state index contributed by atoms with van der Waals surface area (Å²) in [7, 11) is 0. The second kappa shape index (κ2) is 4.71. The van der Waals surface area contributed by atoms with Crippen LogP contribution in [0.2, 0.25) is 5.02 Å². The summed E-state index contributed by atoms with van der Waals surface area (Å²) in [6.45, 7) is 0.886. The monoisotopic (exact) mass is 261 g/mol. The van der Waals surface area contributed by atoms with Crippen LogP contribution in [0.5, 0.6) is 0 Å². The molecule has 0 aromatic heterocycles. The molecule has 3 rings (SSSR count). The van der Waals surface area contributed by atoms with Gasteiger partial charge in [0.15, 0.2) is 0 Å². The summed E-state index contributed by atoms with van der Waals surface area (Å²) in [5, 5.41) is 3.63. The topological polar surface area (TPSA) is 12.0 Å². The second-order valence-corrected chi connectivity index (χ2v) is 4.99. The standard InChI is InChI=1S/C15H13ClFN/c16-13-6-5-10(7-14(13)17)8-15-12-4-2-1-3-11(12)9-18-15/h1-7,15,18H,8-9H2. The molecule has 0 saturated heterocycles. The highest BCUT2D eigenvalue weighted by Gasteiger charge is 2.21. The highest BCUT2D eigenvalue weighted by molar-refractivity contribution is 6.30. The van der Waals surface area contributed by atoms with Gasteiger partial charge in [-0.15, -0.1) is 0 Å². The minimum Gasteiger partial charge on any atom is -0.306 e. The molecular weight excluding hydrogens is 249 g/mol. The first-order valence-corrected chi connectivity index (χ1v) is 6.37. The van der Waals surface area contributed by atoms with Gasteiger partial charge in [0, 0.05) is 12.6 Å². The molecule has 1 N–H and O–H groups in total. The number of rotatable bonds is 2. The molecule has 2 aromatic rings. The van der Waals surface area contributed by atoms with Crippen molar-refractivity contribution in [3.05, 3.63) is 70.0 Å². The van der Waals surface area contributed by atoms with Gasteiger partial charge < -0.3 is 5.32 Å². The van der Waals surface area contributed by atoms with E-state index < -0.39 is 0 Å². The van der Waals surface area contributed by atoms with Gasteiger partial charge in [-0.1, -0.05) is 41.9 Å². The van der Waals surface area contributed by atoms with Crippen molar-refractivity contribution in [2.45, 2.75) is 19.0 Å². The fourth-order valence-electron chi connectivity index (χ4n) is 2.46. The largest absolute Gasteiger partial charge is 0.306 e. The summed E-state index contributed by atoms with van der Waals surface area (Å²) in [5.41, 5.74) is 3.61. The third-order valence-electron chi connectivity index (χ3n) is 3.39. The van der Waals surface area contributed by atoms with Crippen LogP contribution >= 0.6 is 11.6 Å². The number of benzene rings is 2. The van der Waals surface area contributed by atoms with E-state index >= 15 is 0 Å². The molecule has 0 aliphatic carbocycles. The van der Waals surface area contributed by atoms with Crippen LogP contribution < -0.4 is 5.32 Å². The average molecular weight is 262 g/mol. The van der Waals surface area contributed by atoms with E-state index in [1.165, 1.54) is 17.2 Å². The predicted octanol–water partition coefficient (Wildman–Crippen LogP) is 3.87. The van der Waals surface area contributed by atoms with Gasteiger partial charge in [0.25, 0.3) is 0 Å². The lowest BCUT2D eigenvalue weighted by atomic mass is 9.99. The van der Waals surface area contributed by atoms with E-state index in [0.717, 1.165) is 18.5 Å². The van der Waals surface area contributed by atoms with E-state index in [4.69, 9.17) is 11.6 Å². The quantitative estimate of drug-likeness (QED) is 0.865. The molecule has 1 nitrogen and oxygen atoms in total. The van der Waals surface area contributed by atoms with Crippen LogP contribution in [0.3, 0.4) is 0 Å². The zero-order chi connectivity index (χ0) is 12.5. The third kappa shape index (κ3) is 2.14. The Kier molecular flexibility index (Phi) is 3.06. The first-order chi connectivity index (χ1) is 8.74. The first kappa shape index (κ1) is 11.7. The van der Waals surface area contributed by atoms with Gasteiger partial charge in [-0.05, 0) is 35.2 Å². The van der Waals surface area contributed by atoms with Gasteiger partial charge in [-0.3, -0.25) is 0 Å². The molecule has 18 heavy (non-hydrogen) atoms. The van der Waals surface area contributed by atoms with Crippen LogP contribution in [0.25, 0.3) is 0 Å². The number of nitrogens with one attached hydrogen (secondary N) is 1. The number of hydrogen-bond acceptors (Lipinski definition) is 1.